The number of nitrogens with one attached hydrogen (secondary N) is 2. The highest BCUT2D eigenvalue weighted by atomic mass is 16.5. The van der Waals surface area contributed by atoms with Crippen LogP contribution in [-0.4, -0.2) is 69.5 Å². The molecule has 0 radical (unpaired) electrons. The molecule has 11 nitrogen and oxygen atoms in total. The van der Waals surface area contributed by atoms with Crippen LogP contribution in [0.3, 0.4) is 0 Å². The van der Waals surface area contributed by atoms with E-state index in [0.29, 0.717) is 50.2 Å². The number of ether oxygens (including phenoxy) is 2. The van der Waals surface area contributed by atoms with Crippen LogP contribution in [0.15, 0.2) is 60.8 Å². The fraction of sp³-hybridized carbons (Fsp3) is 0.276. The van der Waals surface area contributed by atoms with Gasteiger partial charge in [-0.3, -0.25) is 10.1 Å². The van der Waals surface area contributed by atoms with Gasteiger partial charge in [-0.1, -0.05) is 36.4 Å². The van der Waals surface area contributed by atoms with Crippen LogP contribution in [0.25, 0.3) is 22.3 Å². The van der Waals surface area contributed by atoms with Gasteiger partial charge in [-0.25, -0.2) is 14.6 Å². The third kappa shape index (κ3) is 5.05. The van der Waals surface area contributed by atoms with Crippen molar-refractivity contribution in [2.45, 2.75) is 25.4 Å². The lowest BCUT2D eigenvalue weighted by Gasteiger charge is -2.38. The molecule has 1 atom stereocenters. The van der Waals surface area contributed by atoms with Gasteiger partial charge in [-0.05, 0) is 29.3 Å². The minimum Gasteiger partial charge on any atom is -0.491 e. The van der Waals surface area contributed by atoms with E-state index >= 15 is 0 Å². The first-order valence-electron chi connectivity index (χ1n) is 13.1. The highest BCUT2D eigenvalue weighted by Gasteiger charge is 2.35. The molecule has 1 saturated heterocycles. The van der Waals surface area contributed by atoms with Crippen molar-refractivity contribution in [2.24, 2.45) is 0 Å². The Kier molecular flexibility index (Phi) is 6.77. The number of nitrogens with zero attached hydrogens (tertiary/aromatic N) is 4. The van der Waals surface area contributed by atoms with Crippen molar-refractivity contribution in [1.29, 1.82) is 0 Å². The normalized spacial score (nSPS) is 17.1. The lowest BCUT2D eigenvalue weighted by molar-refractivity contribution is -0.122. The maximum absolute atomic E-state index is 13.8. The maximum atomic E-state index is 13.8. The number of urea groups is 1. The summed E-state index contributed by atoms with van der Waals surface area (Å²) in [4.78, 5) is 53.0. The molecule has 1 fully saturated rings. The number of aromatic amines is 1. The van der Waals surface area contributed by atoms with Crippen molar-refractivity contribution in [3.8, 4) is 16.9 Å². The Hall–Kier alpha value is -4.93. The molecule has 2 aliphatic rings. The molecule has 3 amide bonds. The zero-order valence-corrected chi connectivity index (χ0v) is 21.9. The van der Waals surface area contributed by atoms with Gasteiger partial charge in [0.15, 0.2) is 5.65 Å². The van der Waals surface area contributed by atoms with E-state index in [-0.39, 0.29) is 23.8 Å². The number of Topliss-reactive ketones (excluding diaryl/α,β-unsaturated/α-hetero) is 1. The number of imidazole rings is 1. The Morgan fingerprint density at radius 1 is 1.10 bits per heavy atom. The molecule has 2 N–H and O–H groups in total. The summed E-state index contributed by atoms with van der Waals surface area (Å²) in [6.07, 6.45) is 1.76. The number of benzene rings is 2. The van der Waals surface area contributed by atoms with Gasteiger partial charge in [0.05, 0.1) is 31.8 Å². The van der Waals surface area contributed by atoms with Gasteiger partial charge < -0.3 is 24.3 Å². The van der Waals surface area contributed by atoms with Gasteiger partial charge >= 0.3 is 12.1 Å². The second kappa shape index (κ2) is 10.7. The van der Waals surface area contributed by atoms with E-state index < -0.39 is 6.09 Å². The SMILES string of the molecule is COC(=O)Nc1nc2ncc(-c3ccc4c(c3)CN(C(=O)N3CCC(=O)CC3c3ccccc3)CCO4)cc2[nH]1. The number of likely N-dealkylation sites (tertiary alicyclic amines) is 1. The largest absolute Gasteiger partial charge is 0.491 e. The van der Waals surface area contributed by atoms with Crippen LogP contribution in [-0.2, 0) is 16.1 Å². The summed E-state index contributed by atoms with van der Waals surface area (Å²) >= 11 is 0. The topological polar surface area (TPSA) is 130 Å². The minimum absolute atomic E-state index is 0.102. The lowest BCUT2D eigenvalue weighted by atomic mass is 9.94. The first kappa shape index (κ1) is 25.4. The number of rotatable bonds is 3. The monoisotopic (exact) mass is 540 g/mol. The number of pyridine rings is 1. The molecule has 6 rings (SSSR count). The van der Waals surface area contributed by atoms with Gasteiger partial charge in [0.1, 0.15) is 18.1 Å². The summed E-state index contributed by atoms with van der Waals surface area (Å²) in [6.45, 7) is 1.58. The molecule has 0 saturated carbocycles. The van der Waals surface area contributed by atoms with Crippen LogP contribution in [0.4, 0.5) is 15.5 Å². The summed E-state index contributed by atoms with van der Waals surface area (Å²) in [5.74, 6) is 1.14. The van der Waals surface area contributed by atoms with Crippen molar-refractivity contribution in [1.82, 2.24) is 24.8 Å². The van der Waals surface area contributed by atoms with Gasteiger partial charge in [0.2, 0.25) is 5.95 Å². The number of hydrogen-bond donors (Lipinski definition) is 2. The Morgan fingerprint density at radius 2 is 1.95 bits per heavy atom. The van der Waals surface area contributed by atoms with Gasteiger partial charge in [0.25, 0.3) is 0 Å². The molecular formula is C29H28N6O5. The van der Waals surface area contributed by atoms with Crippen molar-refractivity contribution in [3.05, 3.63) is 71.9 Å². The number of methoxy groups -OCH3 is 1. The van der Waals surface area contributed by atoms with E-state index in [0.717, 1.165) is 28.0 Å². The fourth-order valence-electron chi connectivity index (χ4n) is 5.21. The van der Waals surface area contributed by atoms with Crippen molar-refractivity contribution < 1.29 is 23.9 Å². The number of hydrogen-bond acceptors (Lipinski definition) is 7. The van der Waals surface area contributed by atoms with Crippen LogP contribution in [0.2, 0.25) is 0 Å². The quantitative estimate of drug-likeness (QED) is 0.391. The summed E-state index contributed by atoms with van der Waals surface area (Å²) in [5, 5.41) is 2.50. The van der Waals surface area contributed by atoms with Crippen LogP contribution < -0.4 is 10.1 Å². The zero-order valence-electron chi connectivity index (χ0n) is 21.9. The smallest absolute Gasteiger partial charge is 0.413 e. The van der Waals surface area contributed by atoms with Gasteiger partial charge in [0, 0.05) is 36.7 Å². The van der Waals surface area contributed by atoms with E-state index in [1.165, 1.54) is 7.11 Å². The highest BCUT2D eigenvalue weighted by molar-refractivity contribution is 5.86. The molecule has 0 spiro atoms. The van der Waals surface area contributed by atoms with Crippen LogP contribution >= 0.6 is 0 Å². The summed E-state index contributed by atoms with van der Waals surface area (Å²) in [6, 6.07) is 17.1. The molecule has 40 heavy (non-hydrogen) atoms. The number of aromatic nitrogens is 3. The Bertz CT molecular complexity index is 1590. The molecular weight excluding hydrogens is 512 g/mol. The predicted octanol–water partition coefficient (Wildman–Crippen LogP) is 4.52. The molecule has 2 aromatic carbocycles. The first-order valence-corrected chi connectivity index (χ1v) is 13.1. The number of ketones is 1. The minimum atomic E-state index is -0.629. The van der Waals surface area contributed by atoms with E-state index in [1.807, 2.05) is 59.5 Å². The lowest BCUT2D eigenvalue weighted by Crippen LogP contribution is -2.48. The molecule has 4 heterocycles. The second-order valence-electron chi connectivity index (χ2n) is 9.78. The number of carbonyl (C=O) groups is 3. The van der Waals surface area contributed by atoms with Crippen LogP contribution in [0, 0.1) is 0 Å². The van der Waals surface area contributed by atoms with Crippen molar-refractivity contribution in [2.75, 3.05) is 32.1 Å². The molecule has 0 bridgehead atoms. The summed E-state index contributed by atoms with van der Waals surface area (Å²) in [5.41, 5.74) is 4.68. The van der Waals surface area contributed by atoms with Crippen LogP contribution in [0.5, 0.6) is 5.75 Å². The van der Waals surface area contributed by atoms with E-state index in [2.05, 4.69) is 25.0 Å². The Balaban J connectivity index is 1.25. The van der Waals surface area contributed by atoms with Crippen LogP contribution in [0.1, 0.15) is 30.0 Å². The van der Waals surface area contributed by atoms with E-state index in [1.54, 1.807) is 11.1 Å². The van der Waals surface area contributed by atoms with E-state index in [4.69, 9.17) is 4.74 Å². The molecule has 2 aromatic heterocycles. The Morgan fingerprint density at radius 3 is 2.77 bits per heavy atom. The average Bonchev–Trinajstić information content (AvgIpc) is 3.25. The first-order chi connectivity index (χ1) is 19.5. The van der Waals surface area contributed by atoms with Crippen molar-refractivity contribution in [3.63, 3.8) is 0 Å². The summed E-state index contributed by atoms with van der Waals surface area (Å²) in [7, 11) is 1.28. The number of amides is 3. The molecule has 4 aromatic rings. The molecule has 0 aliphatic carbocycles. The van der Waals surface area contributed by atoms with Gasteiger partial charge in [-0.15, -0.1) is 0 Å². The predicted molar refractivity (Wildman–Crippen MR) is 147 cm³/mol. The molecule has 204 valence electrons. The number of carbonyl (C=O) groups excluding carboxylic acids is 3. The second-order valence-corrected chi connectivity index (χ2v) is 9.78. The summed E-state index contributed by atoms with van der Waals surface area (Å²) < 4.78 is 10.6. The van der Waals surface area contributed by atoms with Crippen molar-refractivity contribution >= 4 is 35.0 Å². The highest BCUT2D eigenvalue weighted by Crippen LogP contribution is 2.33. The standard InChI is InChI=1S/C29H28N6O5/c1-39-28(37)33-27-31-23-14-20(16-30-26(23)32-27)19-7-8-25-21(13-19)17-34(11-12-40-25)29(38)35-10-9-22(36)15-24(35)18-5-3-2-4-6-18/h2-8,13-14,16,24H,9-12,15,17H2,1H3,(H2,30,31,32,33,37). The third-order valence-electron chi connectivity index (χ3n) is 7.25. The number of anilines is 1. The van der Waals surface area contributed by atoms with Gasteiger partial charge in [-0.2, -0.15) is 4.98 Å². The number of H-pyrrole nitrogens is 1. The molecule has 11 heteroatoms. The fourth-order valence-corrected chi connectivity index (χ4v) is 5.21. The average molecular weight is 541 g/mol. The number of fused-ring (bicyclic) bond motifs is 2. The maximum Gasteiger partial charge on any atom is 0.413 e. The Labute approximate surface area is 230 Å². The number of piperidine rings is 1. The molecule has 1 unspecified atom stereocenters. The third-order valence-corrected chi connectivity index (χ3v) is 7.25. The van der Waals surface area contributed by atoms with E-state index in [9.17, 15) is 14.4 Å². The zero-order chi connectivity index (χ0) is 27.6. The molecule has 2 aliphatic heterocycles.